The number of H-pyrrole nitrogens is 2. The van der Waals surface area contributed by atoms with Crippen molar-refractivity contribution in [1.82, 2.24) is 24.9 Å². The number of hydrogen-bond donors (Lipinski definition) is 4. The minimum Gasteiger partial charge on any atom is -0.458 e. The summed E-state index contributed by atoms with van der Waals surface area (Å²) in [6.45, 7) is 1.81. The molecule has 0 spiro atoms. The average molecular weight is 772 g/mol. The van der Waals surface area contributed by atoms with Gasteiger partial charge in [0.05, 0.1) is 53.9 Å². The van der Waals surface area contributed by atoms with E-state index in [9.17, 15) is 25.6 Å². The summed E-state index contributed by atoms with van der Waals surface area (Å²) in [5, 5.41) is 0.100. The number of furan rings is 1. The molecule has 0 fully saturated rings. The summed E-state index contributed by atoms with van der Waals surface area (Å²) in [4.78, 5) is 19.7. The molecule has 12 nitrogen and oxygen atoms in total. The number of pyridine rings is 1. The molecule has 0 atom stereocenters. The second-order valence-corrected chi connectivity index (χ2v) is 15.6. The van der Waals surface area contributed by atoms with Crippen LogP contribution in [0.3, 0.4) is 0 Å². The number of fused-ring (bicyclic) bond motifs is 2. The van der Waals surface area contributed by atoms with Crippen LogP contribution in [-0.2, 0) is 20.0 Å². The third kappa shape index (κ3) is 6.59. The fourth-order valence-electron chi connectivity index (χ4n) is 5.62. The summed E-state index contributed by atoms with van der Waals surface area (Å²) in [6, 6.07) is 24.7. The van der Waals surface area contributed by atoms with E-state index in [0.29, 0.717) is 68.3 Å². The Kier molecular flexibility index (Phi) is 8.24. The van der Waals surface area contributed by atoms with Crippen molar-refractivity contribution < 1.29 is 30.0 Å². The predicted molar refractivity (Wildman–Crippen MR) is 196 cm³/mol. The van der Waals surface area contributed by atoms with Crippen molar-refractivity contribution in [1.29, 1.82) is 0 Å². The number of halogens is 3. The topological polar surface area (TPSA) is 176 Å². The van der Waals surface area contributed by atoms with Crippen LogP contribution in [-0.4, -0.2) is 41.8 Å². The van der Waals surface area contributed by atoms with Crippen LogP contribution in [0.5, 0.6) is 0 Å². The van der Waals surface area contributed by atoms with Crippen LogP contribution in [0.15, 0.2) is 117 Å². The second-order valence-electron chi connectivity index (χ2n) is 11.8. The molecule has 0 radical (unpaired) electrons. The Hall–Kier alpha value is -6.10. The molecule has 53 heavy (non-hydrogen) atoms. The quantitative estimate of drug-likeness (QED) is 0.113. The maximum absolute atomic E-state index is 14.1. The third-order valence-electron chi connectivity index (χ3n) is 8.19. The van der Waals surface area contributed by atoms with Gasteiger partial charge in [-0.1, -0.05) is 29.8 Å². The molecule has 0 unspecified atom stereocenters. The highest BCUT2D eigenvalue weighted by atomic mass is 35.5. The van der Waals surface area contributed by atoms with Gasteiger partial charge in [0.2, 0.25) is 0 Å². The highest BCUT2D eigenvalue weighted by Crippen LogP contribution is 2.35. The van der Waals surface area contributed by atoms with Gasteiger partial charge in [-0.05, 0) is 85.8 Å². The number of nitrogens with one attached hydrogen (secondary N) is 4. The Bertz CT molecular complexity index is 2960. The Morgan fingerprint density at radius 1 is 0.660 bits per heavy atom. The lowest BCUT2D eigenvalue weighted by atomic mass is 10.1. The first-order valence-electron chi connectivity index (χ1n) is 15.7. The van der Waals surface area contributed by atoms with Gasteiger partial charge in [-0.3, -0.25) is 9.44 Å². The van der Waals surface area contributed by atoms with E-state index in [2.05, 4.69) is 29.4 Å². The van der Waals surface area contributed by atoms with E-state index in [-0.39, 0.29) is 20.5 Å². The van der Waals surface area contributed by atoms with Crippen LogP contribution < -0.4 is 9.44 Å². The highest BCUT2D eigenvalue weighted by Gasteiger charge is 2.21. The maximum Gasteiger partial charge on any atom is 0.262 e. The summed E-state index contributed by atoms with van der Waals surface area (Å²) in [5.74, 6) is 0.113. The maximum atomic E-state index is 14.1. The fourth-order valence-corrected chi connectivity index (χ4v) is 8.13. The molecule has 4 N–H and O–H groups in total. The first-order valence-corrected chi connectivity index (χ1v) is 19.0. The molecule has 4 heterocycles. The predicted octanol–water partition coefficient (Wildman–Crippen LogP) is 8.27. The zero-order valence-corrected chi connectivity index (χ0v) is 29.5. The molecule has 0 aliphatic rings. The lowest BCUT2D eigenvalue weighted by Crippen LogP contribution is -2.14. The van der Waals surface area contributed by atoms with Gasteiger partial charge in [0.25, 0.3) is 20.0 Å². The Labute approximate surface area is 305 Å². The molecule has 4 aromatic heterocycles. The minimum absolute atomic E-state index is 0.0170. The van der Waals surface area contributed by atoms with Crippen LogP contribution in [0.1, 0.15) is 5.76 Å². The second kappa shape index (κ2) is 12.8. The van der Waals surface area contributed by atoms with E-state index in [0.717, 1.165) is 12.1 Å². The number of sulfonamides is 2. The molecule has 0 saturated heterocycles. The molecule has 0 saturated carbocycles. The number of nitrogens with zero attached hydrogens (tertiary/aromatic N) is 3. The summed E-state index contributed by atoms with van der Waals surface area (Å²) < 4.78 is 90.9. The molecular formula is C36H24ClF2N7O5S2. The Morgan fingerprint density at radius 2 is 1.28 bits per heavy atom. The molecule has 4 aromatic carbocycles. The van der Waals surface area contributed by atoms with Gasteiger partial charge >= 0.3 is 0 Å². The van der Waals surface area contributed by atoms with Crippen molar-refractivity contribution in [2.45, 2.75) is 16.7 Å². The van der Waals surface area contributed by atoms with Crippen LogP contribution in [0, 0.1) is 18.6 Å². The number of benzene rings is 4. The van der Waals surface area contributed by atoms with Gasteiger partial charge in [0.15, 0.2) is 17.4 Å². The van der Waals surface area contributed by atoms with Gasteiger partial charge in [-0.25, -0.2) is 40.6 Å². The fraction of sp³-hybridized carbons (Fsp3) is 0.0278. The van der Waals surface area contributed by atoms with Gasteiger partial charge in [0.1, 0.15) is 23.1 Å². The molecule has 0 aliphatic carbocycles. The Balaban J connectivity index is 1.05. The third-order valence-corrected chi connectivity index (χ3v) is 11.3. The van der Waals surface area contributed by atoms with Crippen molar-refractivity contribution in [2.24, 2.45) is 0 Å². The van der Waals surface area contributed by atoms with E-state index >= 15 is 0 Å². The average Bonchev–Trinajstić information content (AvgIpc) is 3.88. The van der Waals surface area contributed by atoms with E-state index in [1.807, 2.05) is 6.92 Å². The zero-order chi connectivity index (χ0) is 37.1. The van der Waals surface area contributed by atoms with Crippen molar-refractivity contribution in [3.8, 4) is 34.4 Å². The normalized spacial score (nSPS) is 12.1. The number of anilines is 2. The molecule has 8 aromatic rings. The van der Waals surface area contributed by atoms with Crippen LogP contribution in [0.4, 0.5) is 20.2 Å². The monoisotopic (exact) mass is 771 g/mol. The first-order chi connectivity index (χ1) is 25.3. The van der Waals surface area contributed by atoms with Gasteiger partial charge in [-0.15, -0.1) is 0 Å². The van der Waals surface area contributed by atoms with Crippen molar-refractivity contribution in [3.63, 3.8) is 0 Å². The van der Waals surface area contributed by atoms with Crippen molar-refractivity contribution >= 4 is 65.1 Å². The van der Waals surface area contributed by atoms with Crippen LogP contribution in [0.25, 0.3) is 56.4 Å². The number of rotatable bonds is 9. The van der Waals surface area contributed by atoms with Crippen LogP contribution >= 0.6 is 11.6 Å². The number of aryl methyl sites for hydroxylation is 1. The molecule has 17 heteroatoms. The summed E-state index contributed by atoms with van der Waals surface area (Å²) in [6.07, 6.45) is 0. The number of aromatic nitrogens is 5. The largest absolute Gasteiger partial charge is 0.458 e. The molecular weight excluding hydrogens is 748 g/mol. The van der Waals surface area contributed by atoms with Gasteiger partial charge in [0, 0.05) is 11.6 Å². The standard InChI is InChI=1S/C36H24ClF2N7O5S2/c1-19-8-15-33(51-19)36-42-28-14-11-22(18-32(28)44-36)53(49,50)46-29-6-2-4-23(34(29)37)25-5-3-7-30(40-25)35-41-27-13-10-21(17-31(27)43-35)52(47,48)45-26-12-9-20(38)16-24(26)39/h2-18,45-46H,1H3,(H,41,43)(H,42,44). The van der Waals surface area contributed by atoms with Gasteiger partial charge in [-0.2, -0.15) is 0 Å². The summed E-state index contributed by atoms with van der Waals surface area (Å²) in [7, 11) is -8.35. The lowest BCUT2D eigenvalue weighted by Gasteiger charge is -2.13. The number of imidazole rings is 2. The van der Waals surface area contributed by atoms with Gasteiger partial charge < -0.3 is 14.4 Å². The molecule has 8 rings (SSSR count). The number of aromatic amines is 2. The van der Waals surface area contributed by atoms with Crippen molar-refractivity contribution in [3.05, 3.63) is 126 Å². The lowest BCUT2D eigenvalue weighted by molar-refractivity contribution is 0.545. The van der Waals surface area contributed by atoms with E-state index in [4.69, 9.17) is 21.0 Å². The summed E-state index contributed by atoms with van der Waals surface area (Å²) >= 11 is 6.78. The first kappa shape index (κ1) is 34.0. The zero-order valence-electron chi connectivity index (χ0n) is 27.1. The van der Waals surface area contributed by atoms with Crippen LogP contribution in [0.2, 0.25) is 5.02 Å². The molecule has 0 amide bonds. The number of hydrogen-bond acceptors (Lipinski definition) is 8. The van der Waals surface area contributed by atoms with E-state index < -0.39 is 37.4 Å². The minimum atomic E-state index is -4.24. The molecule has 266 valence electrons. The smallest absolute Gasteiger partial charge is 0.262 e. The SMILES string of the molecule is Cc1ccc(-c2nc3ccc(S(=O)(=O)Nc4cccc(-c5cccc(-c6nc7ccc(S(=O)(=O)Nc8ccc(F)cc8F)cc7[nH]6)n5)c4Cl)cc3[nH]2)o1. The summed E-state index contributed by atoms with van der Waals surface area (Å²) in [5.41, 5.74) is 2.77. The Morgan fingerprint density at radius 3 is 1.94 bits per heavy atom. The molecule has 0 bridgehead atoms. The van der Waals surface area contributed by atoms with Crippen molar-refractivity contribution in [2.75, 3.05) is 9.44 Å². The van der Waals surface area contributed by atoms with E-state index in [1.165, 1.54) is 36.4 Å². The highest BCUT2D eigenvalue weighted by molar-refractivity contribution is 7.93. The van der Waals surface area contributed by atoms with E-state index in [1.54, 1.807) is 48.5 Å². The molecule has 0 aliphatic heterocycles.